The summed E-state index contributed by atoms with van der Waals surface area (Å²) in [7, 11) is 0. The van der Waals surface area contributed by atoms with Gasteiger partial charge in [-0.1, -0.05) is 30.4 Å². The molecule has 94 valence electrons. The van der Waals surface area contributed by atoms with Gasteiger partial charge in [-0.3, -0.25) is 10.1 Å². The number of para-hydroxylation sites is 1. The van der Waals surface area contributed by atoms with Crippen molar-refractivity contribution >= 4 is 23.5 Å². The molecule has 0 amide bonds. The first kappa shape index (κ1) is 11.5. The van der Waals surface area contributed by atoms with Crippen LogP contribution < -0.4 is 5.32 Å². The Morgan fingerprint density at radius 3 is 2.68 bits per heavy atom. The van der Waals surface area contributed by atoms with Gasteiger partial charge in [-0.05, 0) is 28.8 Å². The van der Waals surface area contributed by atoms with Gasteiger partial charge in [-0.15, -0.1) is 0 Å². The first-order valence-corrected chi connectivity index (χ1v) is 6.02. The number of nitro benzene ring substituents is 1. The monoisotopic (exact) mass is 252 g/mol. The van der Waals surface area contributed by atoms with Crippen LogP contribution in [-0.2, 0) is 6.54 Å². The molecular weight excluding hydrogens is 240 g/mol. The molecule has 2 aromatic carbocycles. The number of nitrogens with zero attached hydrogens (tertiary/aromatic N) is 1. The Hall–Kier alpha value is -2.62. The molecule has 0 bridgehead atoms. The van der Waals surface area contributed by atoms with Crippen LogP contribution in [0, 0.1) is 10.1 Å². The molecule has 1 heterocycles. The second kappa shape index (κ2) is 4.57. The second-order valence-corrected chi connectivity index (χ2v) is 4.41. The van der Waals surface area contributed by atoms with E-state index in [4.69, 9.17) is 0 Å². The van der Waals surface area contributed by atoms with E-state index in [0.29, 0.717) is 6.54 Å². The van der Waals surface area contributed by atoms with Gasteiger partial charge in [0.15, 0.2) is 0 Å². The van der Waals surface area contributed by atoms with Gasteiger partial charge in [0.05, 0.1) is 4.92 Å². The zero-order valence-corrected chi connectivity index (χ0v) is 10.2. The van der Waals surface area contributed by atoms with Gasteiger partial charge in [0.25, 0.3) is 5.69 Å². The predicted octanol–water partition coefficient (Wildman–Crippen LogP) is 3.69. The highest BCUT2D eigenvalue weighted by molar-refractivity contribution is 5.79. The summed E-state index contributed by atoms with van der Waals surface area (Å²) in [6, 6.07) is 13.0. The van der Waals surface area contributed by atoms with Crippen molar-refractivity contribution in [2.75, 3.05) is 5.32 Å². The summed E-state index contributed by atoms with van der Waals surface area (Å²) in [5, 5.41) is 14.1. The van der Waals surface area contributed by atoms with Gasteiger partial charge in [-0.25, -0.2) is 0 Å². The number of rotatable bonds is 1. The molecule has 0 saturated heterocycles. The number of nitro groups is 1. The van der Waals surface area contributed by atoms with E-state index in [9.17, 15) is 10.1 Å². The molecule has 1 aliphatic heterocycles. The zero-order chi connectivity index (χ0) is 13.2. The van der Waals surface area contributed by atoms with Gasteiger partial charge in [0, 0.05) is 24.4 Å². The quantitative estimate of drug-likeness (QED) is 0.622. The maximum absolute atomic E-state index is 10.8. The van der Waals surface area contributed by atoms with Crippen LogP contribution in [0.15, 0.2) is 42.5 Å². The largest absolute Gasteiger partial charge is 0.380 e. The van der Waals surface area contributed by atoms with Crippen molar-refractivity contribution in [2.24, 2.45) is 0 Å². The Bertz CT molecular complexity index is 678. The molecule has 0 aliphatic carbocycles. The first-order valence-electron chi connectivity index (χ1n) is 6.02. The minimum absolute atomic E-state index is 0.128. The average molecular weight is 252 g/mol. The fourth-order valence-electron chi connectivity index (χ4n) is 2.19. The second-order valence-electron chi connectivity index (χ2n) is 4.41. The fraction of sp³-hybridized carbons (Fsp3) is 0.0667. The third kappa shape index (κ3) is 2.20. The first-order chi connectivity index (χ1) is 9.24. The minimum Gasteiger partial charge on any atom is -0.380 e. The van der Waals surface area contributed by atoms with Gasteiger partial charge in [0.2, 0.25) is 0 Å². The molecule has 4 nitrogen and oxygen atoms in total. The van der Waals surface area contributed by atoms with Crippen LogP contribution in [0.3, 0.4) is 0 Å². The molecule has 0 radical (unpaired) electrons. The van der Waals surface area contributed by atoms with E-state index in [1.165, 1.54) is 6.07 Å². The molecule has 0 spiro atoms. The van der Waals surface area contributed by atoms with Crippen molar-refractivity contribution in [2.45, 2.75) is 6.54 Å². The lowest BCUT2D eigenvalue weighted by atomic mass is 10.0. The van der Waals surface area contributed by atoms with Crippen LogP contribution in [0.4, 0.5) is 11.4 Å². The van der Waals surface area contributed by atoms with Gasteiger partial charge >= 0.3 is 0 Å². The summed E-state index contributed by atoms with van der Waals surface area (Å²) < 4.78 is 0. The predicted molar refractivity (Wildman–Crippen MR) is 75.8 cm³/mol. The summed E-state index contributed by atoms with van der Waals surface area (Å²) in [4.78, 5) is 10.4. The molecule has 2 aromatic rings. The van der Waals surface area contributed by atoms with Gasteiger partial charge < -0.3 is 5.32 Å². The fourth-order valence-corrected chi connectivity index (χ4v) is 2.19. The van der Waals surface area contributed by atoms with E-state index in [2.05, 4.69) is 5.32 Å². The molecular formula is C15H12N2O2. The number of non-ortho nitro benzene ring substituents is 1. The Labute approximate surface area is 110 Å². The van der Waals surface area contributed by atoms with Crippen LogP contribution in [0.25, 0.3) is 12.2 Å². The normalized spacial score (nSPS) is 14.3. The summed E-state index contributed by atoms with van der Waals surface area (Å²) in [5.41, 5.74) is 4.22. The topological polar surface area (TPSA) is 55.2 Å². The SMILES string of the molecule is O=[N+]([O-])c1ccc2c(c1)CNc1ccccc1/C=C\2. The van der Waals surface area contributed by atoms with Gasteiger partial charge in [0.1, 0.15) is 0 Å². The molecule has 0 unspecified atom stereocenters. The van der Waals surface area contributed by atoms with Crippen molar-refractivity contribution < 1.29 is 4.92 Å². The third-order valence-corrected chi connectivity index (χ3v) is 3.21. The average Bonchev–Trinajstić information content (AvgIpc) is 2.41. The summed E-state index contributed by atoms with van der Waals surface area (Å²) >= 11 is 0. The number of hydrogen-bond donors (Lipinski definition) is 1. The third-order valence-electron chi connectivity index (χ3n) is 3.21. The van der Waals surface area contributed by atoms with Crippen molar-refractivity contribution in [1.82, 2.24) is 0 Å². The van der Waals surface area contributed by atoms with E-state index in [0.717, 1.165) is 22.4 Å². The van der Waals surface area contributed by atoms with Crippen LogP contribution in [0.5, 0.6) is 0 Å². The number of benzene rings is 2. The maximum Gasteiger partial charge on any atom is 0.269 e. The number of nitrogens with one attached hydrogen (secondary N) is 1. The Morgan fingerprint density at radius 1 is 1.05 bits per heavy atom. The van der Waals surface area contributed by atoms with Crippen molar-refractivity contribution in [3.05, 3.63) is 69.3 Å². The van der Waals surface area contributed by atoms with E-state index in [1.54, 1.807) is 12.1 Å². The highest BCUT2D eigenvalue weighted by atomic mass is 16.6. The Morgan fingerprint density at radius 2 is 1.84 bits per heavy atom. The lowest BCUT2D eigenvalue weighted by Crippen LogP contribution is -2.05. The van der Waals surface area contributed by atoms with Crippen molar-refractivity contribution in [3.8, 4) is 0 Å². The lowest BCUT2D eigenvalue weighted by Gasteiger charge is -2.14. The minimum atomic E-state index is -0.364. The molecule has 0 saturated carbocycles. The number of fused-ring (bicyclic) bond motifs is 2. The molecule has 1 aliphatic rings. The summed E-state index contributed by atoms with van der Waals surface area (Å²) in [5.74, 6) is 0. The molecule has 0 atom stereocenters. The molecule has 1 N–H and O–H groups in total. The highest BCUT2D eigenvalue weighted by Crippen LogP contribution is 2.26. The number of hydrogen-bond acceptors (Lipinski definition) is 3. The van der Waals surface area contributed by atoms with Crippen molar-refractivity contribution in [1.29, 1.82) is 0 Å². The standard InChI is InChI=1S/C15H12N2O2/c18-17(19)14-8-7-11-5-6-12-3-1-2-4-15(12)16-10-13(11)9-14/h1-9,16H,10H2/b6-5-. The van der Waals surface area contributed by atoms with Gasteiger partial charge in [-0.2, -0.15) is 0 Å². The Balaban J connectivity index is 2.06. The van der Waals surface area contributed by atoms with E-state index >= 15 is 0 Å². The molecule has 4 heteroatoms. The molecule has 0 fully saturated rings. The van der Waals surface area contributed by atoms with E-state index < -0.39 is 0 Å². The van der Waals surface area contributed by atoms with Crippen LogP contribution >= 0.6 is 0 Å². The number of anilines is 1. The van der Waals surface area contributed by atoms with Crippen LogP contribution in [-0.4, -0.2) is 4.92 Å². The Kier molecular flexibility index (Phi) is 2.76. The van der Waals surface area contributed by atoms with E-state index in [1.807, 2.05) is 36.4 Å². The van der Waals surface area contributed by atoms with Crippen LogP contribution in [0.2, 0.25) is 0 Å². The molecule has 3 rings (SSSR count). The molecule has 0 aromatic heterocycles. The van der Waals surface area contributed by atoms with Crippen molar-refractivity contribution in [3.63, 3.8) is 0 Å². The zero-order valence-electron chi connectivity index (χ0n) is 10.2. The smallest absolute Gasteiger partial charge is 0.269 e. The summed E-state index contributed by atoms with van der Waals surface area (Å²) in [6.45, 7) is 0.582. The highest BCUT2D eigenvalue weighted by Gasteiger charge is 2.11. The maximum atomic E-state index is 10.8. The van der Waals surface area contributed by atoms with E-state index in [-0.39, 0.29) is 10.6 Å². The molecule has 19 heavy (non-hydrogen) atoms. The van der Waals surface area contributed by atoms with Crippen LogP contribution in [0.1, 0.15) is 16.7 Å². The lowest BCUT2D eigenvalue weighted by molar-refractivity contribution is -0.384. The summed E-state index contributed by atoms with van der Waals surface area (Å²) in [6.07, 6.45) is 4.02.